The van der Waals surface area contributed by atoms with Crippen LogP contribution in [0.2, 0.25) is 0 Å². The lowest BCUT2D eigenvalue weighted by atomic mass is 9.78. The van der Waals surface area contributed by atoms with Crippen LogP contribution in [0.4, 0.5) is 13.6 Å². The van der Waals surface area contributed by atoms with Gasteiger partial charge in [0.05, 0.1) is 14.2 Å². The Morgan fingerprint density at radius 3 is 2.25 bits per heavy atom. The van der Waals surface area contributed by atoms with Crippen molar-refractivity contribution in [3.63, 3.8) is 0 Å². The molecule has 0 radical (unpaired) electrons. The molecule has 0 spiro atoms. The van der Waals surface area contributed by atoms with Crippen molar-refractivity contribution in [3.05, 3.63) is 60.0 Å². The number of hydrogen-bond donors (Lipinski definition) is 1. The Hall–Kier alpha value is -3.99. The summed E-state index contributed by atoms with van der Waals surface area (Å²) in [4.78, 5) is 31.3. The Bertz CT molecular complexity index is 1270. The van der Waals surface area contributed by atoms with E-state index in [-0.39, 0.29) is 43.1 Å². The molecule has 2 heterocycles. The lowest BCUT2D eigenvalue weighted by molar-refractivity contribution is -0.150. The van der Waals surface area contributed by atoms with Gasteiger partial charge < -0.3 is 18.8 Å². The molecule has 2 amide bonds. The third-order valence-electron chi connectivity index (χ3n) is 6.32. The fourth-order valence-corrected chi connectivity index (χ4v) is 4.29. The number of likely N-dealkylation sites (tertiary alicyclic amines) is 1. The topological polar surface area (TPSA) is 105 Å². The predicted molar refractivity (Wildman–Crippen MR) is 123 cm³/mol. The van der Waals surface area contributed by atoms with E-state index in [0.29, 0.717) is 22.1 Å². The van der Waals surface area contributed by atoms with Gasteiger partial charge in [0, 0.05) is 31.3 Å². The number of carbonyl (C=O) groups is 2. The minimum atomic E-state index is -1.34. The first-order chi connectivity index (χ1) is 17.2. The number of carbonyl (C=O) groups excluding carboxylic acids is 2. The zero-order valence-corrected chi connectivity index (χ0v) is 20.0. The Morgan fingerprint density at radius 1 is 1.06 bits per heavy atom. The fraction of sp³-hybridized carbons (Fsp3) is 0.320. The van der Waals surface area contributed by atoms with Gasteiger partial charge >= 0.3 is 12.0 Å². The summed E-state index contributed by atoms with van der Waals surface area (Å²) in [5, 5.41) is 9.97. The molecule has 9 nitrogen and oxygen atoms in total. The predicted octanol–water partition coefficient (Wildman–Crippen LogP) is 4.24. The van der Waals surface area contributed by atoms with Gasteiger partial charge in [-0.2, -0.15) is 0 Å². The molecule has 1 aliphatic rings. The summed E-state index contributed by atoms with van der Waals surface area (Å²) in [6.07, 6.45) is 0.220. The number of oxazole rings is 1. The number of halogens is 2. The number of nitrogens with zero attached hydrogens (tertiary/aromatic N) is 3. The molecule has 3 aromatic rings. The first kappa shape index (κ1) is 25.1. The van der Waals surface area contributed by atoms with E-state index in [1.807, 2.05) is 0 Å². The number of benzene rings is 2. The zero-order valence-electron chi connectivity index (χ0n) is 20.0. The van der Waals surface area contributed by atoms with Crippen molar-refractivity contribution in [1.82, 2.24) is 14.9 Å². The lowest BCUT2D eigenvalue weighted by Crippen LogP contribution is -2.51. The highest BCUT2D eigenvalue weighted by molar-refractivity contribution is 5.84. The van der Waals surface area contributed by atoms with Crippen LogP contribution < -0.4 is 4.74 Å². The lowest BCUT2D eigenvalue weighted by Gasteiger charge is -2.38. The number of ether oxygens (including phenoxy) is 2. The minimum absolute atomic E-state index is 0.0318. The molecule has 0 unspecified atom stereocenters. The third kappa shape index (κ3) is 4.49. The highest BCUT2D eigenvalue weighted by atomic mass is 19.2. The summed E-state index contributed by atoms with van der Waals surface area (Å²) in [6, 6.07) is 9.61. The fourth-order valence-electron chi connectivity index (χ4n) is 4.29. The second-order valence-corrected chi connectivity index (χ2v) is 8.42. The Labute approximate surface area is 205 Å². The van der Waals surface area contributed by atoms with Crippen LogP contribution in [-0.4, -0.2) is 66.5 Å². The summed E-state index contributed by atoms with van der Waals surface area (Å²) >= 11 is 0. The van der Waals surface area contributed by atoms with Gasteiger partial charge in [-0.15, -0.1) is 0 Å². The Kier molecular flexibility index (Phi) is 6.93. The summed E-state index contributed by atoms with van der Waals surface area (Å²) in [5.41, 5.74) is -0.193. The van der Waals surface area contributed by atoms with Crippen molar-refractivity contribution in [3.8, 4) is 28.3 Å². The number of esters is 1. The van der Waals surface area contributed by atoms with E-state index in [2.05, 4.69) is 4.98 Å². The first-order valence-corrected chi connectivity index (χ1v) is 11.1. The molecule has 0 atom stereocenters. The molecule has 1 saturated heterocycles. The van der Waals surface area contributed by atoms with E-state index in [9.17, 15) is 23.6 Å². The van der Waals surface area contributed by atoms with Gasteiger partial charge in [-0.25, -0.2) is 23.6 Å². The molecule has 11 heteroatoms. The van der Waals surface area contributed by atoms with Crippen LogP contribution in [0, 0.1) is 11.6 Å². The summed E-state index contributed by atoms with van der Waals surface area (Å²) in [5.74, 6) is -1.90. The Balaban J connectivity index is 1.83. The maximum Gasteiger partial charge on any atom is 0.343 e. The normalized spacial score (nSPS) is 14.9. The van der Waals surface area contributed by atoms with Gasteiger partial charge in [-0.05, 0) is 55.3 Å². The smallest absolute Gasteiger partial charge is 0.343 e. The highest BCUT2D eigenvalue weighted by Gasteiger charge is 2.49. The van der Waals surface area contributed by atoms with Crippen LogP contribution in [0.3, 0.4) is 0 Å². The van der Waals surface area contributed by atoms with Crippen LogP contribution in [0.25, 0.3) is 22.6 Å². The molecule has 0 bridgehead atoms. The number of piperidine rings is 1. The van der Waals surface area contributed by atoms with Crippen molar-refractivity contribution in [1.29, 1.82) is 0 Å². The number of aromatic nitrogens is 1. The molecule has 4 rings (SSSR count). The quantitative estimate of drug-likeness (QED) is 0.317. The average Bonchev–Trinajstić information content (AvgIpc) is 3.35. The SMILES string of the molecule is COC(=O)C1(c2nc(-c3ccc(OC)cc3)c(-c3ccc(F)c(F)c3)o2)CCN(C(=O)N(C)O)CC1. The number of urea groups is 1. The molecule has 2 aromatic carbocycles. The van der Waals surface area contributed by atoms with Crippen molar-refractivity contribution >= 4 is 12.0 Å². The van der Waals surface area contributed by atoms with E-state index in [1.165, 1.54) is 32.2 Å². The maximum atomic E-state index is 14.1. The summed E-state index contributed by atoms with van der Waals surface area (Å²) in [6.45, 7) is 0.249. The highest BCUT2D eigenvalue weighted by Crippen LogP contribution is 2.42. The van der Waals surface area contributed by atoms with Crippen LogP contribution in [0.1, 0.15) is 18.7 Å². The number of hydrogen-bond acceptors (Lipinski definition) is 7. The van der Waals surface area contributed by atoms with Crippen molar-refractivity contribution in [2.75, 3.05) is 34.4 Å². The second-order valence-electron chi connectivity index (χ2n) is 8.42. The van der Waals surface area contributed by atoms with Crippen LogP contribution in [0.15, 0.2) is 46.9 Å². The molecular weight excluding hydrogens is 476 g/mol. The van der Waals surface area contributed by atoms with E-state index in [4.69, 9.17) is 13.9 Å². The van der Waals surface area contributed by atoms with Gasteiger partial charge in [0.25, 0.3) is 0 Å². The monoisotopic (exact) mass is 501 g/mol. The number of methoxy groups -OCH3 is 2. The zero-order chi connectivity index (χ0) is 26.0. The molecule has 0 saturated carbocycles. The van der Waals surface area contributed by atoms with E-state index in [0.717, 1.165) is 12.1 Å². The molecule has 190 valence electrons. The van der Waals surface area contributed by atoms with E-state index < -0.39 is 29.0 Å². The largest absolute Gasteiger partial charge is 0.497 e. The molecule has 1 aromatic heterocycles. The molecule has 1 fully saturated rings. The second kappa shape index (κ2) is 9.94. The molecule has 36 heavy (non-hydrogen) atoms. The maximum absolute atomic E-state index is 14.1. The minimum Gasteiger partial charge on any atom is -0.497 e. The standard InChI is InChI=1S/C25H25F2N3O6/c1-29(33)24(32)30-12-10-25(11-13-30,23(31)35-3)22-28-20(15-4-7-17(34-2)8-5-15)21(36-22)16-6-9-18(26)19(27)14-16/h4-9,14,33H,10-13H2,1-3H3. The van der Waals surface area contributed by atoms with Gasteiger partial charge in [0.2, 0.25) is 5.89 Å². The molecule has 0 aliphatic carbocycles. The van der Waals surface area contributed by atoms with Gasteiger partial charge in [-0.3, -0.25) is 10.0 Å². The number of hydroxylamine groups is 2. The van der Waals surface area contributed by atoms with E-state index in [1.54, 1.807) is 24.3 Å². The Morgan fingerprint density at radius 2 is 1.69 bits per heavy atom. The summed E-state index contributed by atoms with van der Waals surface area (Å²) in [7, 11) is 3.99. The average molecular weight is 501 g/mol. The summed E-state index contributed by atoms with van der Waals surface area (Å²) < 4.78 is 44.2. The molecule has 1 aliphatic heterocycles. The van der Waals surface area contributed by atoms with Crippen LogP contribution in [0.5, 0.6) is 5.75 Å². The number of amides is 2. The van der Waals surface area contributed by atoms with Crippen LogP contribution in [-0.2, 0) is 14.9 Å². The first-order valence-electron chi connectivity index (χ1n) is 11.1. The van der Waals surface area contributed by atoms with Crippen LogP contribution >= 0.6 is 0 Å². The third-order valence-corrected chi connectivity index (χ3v) is 6.32. The van der Waals surface area contributed by atoms with Gasteiger partial charge in [-0.1, -0.05) is 0 Å². The van der Waals surface area contributed by atoms with Crippen molar-refractivity contribution in [2.24, 2.45) is 0 Å². The van der Waals surface area contributed by atoms with Gasteiger partial charge in [0.1, 0.15) is 16.9 Å². The van der Waals surface area contributed by atoms with Gasteiger partial charge in [0.15, 0.2) is 17.4 Å². The van der Waals surface area contributed by atoms with E-state index >= 15 is 0 Å². The molecule has 1 N–H and O–H groups in total. The van der Waals surface area contributed by atoms with Crippen molar-refractivity contribution < 1.29 is 37.5 Å². The molecular formula is C25H25F2N3O6. The van der Waals surface area contributed by atoms with Crippen molar-refractivity contribution in [2.45, 2.75) is 18.3 Å². The number of rotatable bonds is 5.